The van der Waals surface area contributed by atoms with Crippen molar-refractivity contribution < 1.29 is 0 Å². The molecule has 0 aromatic rings. The van der Waals surface area contributed by atoms with Gasteiger partial charge in [0.25, 0.3) is 0 Å². The zero-order chi connectivity index (χ0) is 6.91. The van der Waals surface area contributed by atoms with E-state index in [4.69, 9.17) is 0 Å². The molecule has 0 bridgehead atoms. The molecule has 0 heterocycles. The third kappa shape index (κ3) is 1.17. The van der Waals surface area contributed by atoms with E-state index >= 15 is 0 Å². The molecule has 0 heteroatoms. The van der Waals surface area contributed by atoms with Gasteiger partial charge in [0.1, 0.15) is 0 Å². The fraction of sp³-hybridized carbons (Fsp3) is 0.778. The van der Waals surface area contributed by atoms with Gasteiger partial charge >= 0.3 is 0 Å². The fourth-order valence-corrected chi connectivity index (χ4v) is 1.50. The van der Waals surface area contributed by atoms with Crippen LogP contribution >= 0.6 is 0 Å². The molecule has 9 heavy (non-hydrogen) atoms. The van der Waals surface area contributed by atoms with Gasteiger partial charge < -0.3 is 0 Å². The van der Waals surface area contributed by atoms with Crippen LogP contribution < -0.4 is 0 Å². The predicted octanol–water partition coefficient (Wildman–Crippen LogP) is 3.00. The summed E-state index contributed by atoms with van der Waals surface area (Å²) in [5, 5.41) is 0. The summed E-state index contributed by atoms with van der Waals surface area (Å²) in [4.78, 5) is 0. The van der Waals surface area contributed by atoms with Crippen LogP contribution in [0.15, 0.2) is 12.7 Å². The summed E-state index contributed by atoms with van der Waals surface area (Å²) in [7, 11) is 0. The maximum Gasteiger partial charge on any atom is -0.0118 e. The van der Waals surface area contributed by atoms with Crippen molar-refractivity contribution in [2.75, 3.05) is 0 Å². The first kappa shape index (κ1) is 6.85. The lowest BCUT2D eigenvalue weighted by Gasteiger charge is -2.00. The molecule has 1 fully saturated rings. The first-order valence-electron chi connectivity index (χ1n) is 3.86. The van der Waals surface area contributed by atoms with E-state index in [0.717, 1.165) is 5.92 Å². The molecule has 0 amide bonds. The average molecular weight is 124 g/mol. The smallest absolute Gasteiger partial charge is 0.0118 e. The van der Waals surface area contributed by atoms with Crippen molar-refractivity contribution in [1.82, 2.24) is 0 Å². The molecule has 1 rings (SSSR count). The lowest BCUT2D eigenvalue weighted by molar-refractivity contribution is 0.580. The summed E-state index contributed by atoms with van der Waals surface area (Å²) >= 11 is 0. The van der Waals surface area contributed by atoms with Crippen molar-refractivity contribution in [2.45, 2.75) is 33.1 Å². The molecule has 0 radical (unpaired) electrons. The van der Waals surface area contributed by atoms with Crippen LogP contribution in [-0.2, 0) is 0 Å². The third-order valence-electron chi connectivity index (χ3n) is 2.56. The van der Waals surface area contributed by atoms with E-state index in [1.807, 2.05) is 0 Å². The van der Waals surface area contributed by atoms with Gasteiger partial charge in [0, 0.05) is 0 Å². The first-order chi connectivity index (χ1) is 4.23. The quantitative estimate of drug-likeness (QED) is 0.507. The molecule has 0 N–H and O–H groups in total. The van der Waals surface area contributed by atoms with Gasteiger partial charge in [0.2, 0.25) is 0 Å². The highest BCUT2D eigenvalue weighted by Crippen LogP contribution is 2.55. The Morgan fingerprint density at radius 2 is 2.44 bits per heavy atom. The largest absolute Gasteiger partial charge is 0.103 e. The SMILES string of the molecule is C=CC1(C)CC1CCC. The van der Waals surface area contributed by atoms with Gasteiger partial charge in [0.05, 0.1) is 0 Å². The number of rotatable bonds is 3. The zero-order valence-electron chi connectivity index (χ0n) is 6.48. The number of hydrogen-bond donors (Lipinski definition) is 0. The van der Waals surface area contributed by atoms with Crippen LogP contribution in [0.5, 0.6) is 0 Å². The van der Waals surface area contributed by atoms with Crippen molar-refractivity contribution in [3.63, 3.8) is 0 Å². The highest BCUT2D eigenvalue weighted by Gasteiger charge is 2.45. The molecule has 0 aromatic heterocycles. The summed E-state index contributed by atoms with van der Waals surface area (Å²) in [6, 6.07) is 0. The Bertz CT molecular complexity index is 115. The van der Waals surface area contributed by atoms with Crippen molar-refractivity contribution in [3.8, 4) is 0 Å². The standard InChI is InChI=1S/C9H16/c1-4-6-8-7-9(8,3)5-2/h5,8H,2,4,6-7H2,1,3H3. The molecule has 52 valence electrons. The van der Waals surface area contributed by atoms with E-state index < -0.39 is 0 Å². The second kappa shape index (κ2) is 2.17. The molecule has 0 nitrogen and oxygen atoms in total. The van der Waals surface area contributed by atoms with Crippen LogP contribution in [0.2, 0.25) is 0 Å². The van der Waals surface area contributed by atoms with Gasteiger partial charge in [-0.1, -0.05) is 26.3 Å². The van der Waals surface area contributed by atoms with Gasteiger partial charge in [0.15, 0.2) is 0 Å². The molecule has 2 unspecified atom stereocenters. The van der Waals surface area contributed by atoms with Crippen molar-refractivity contribution in [2.24, 2.45) is 11.3 Å². The van der Waals surface area contributed by atoms with E-state index in [0.29, 0.717) is 5.41 Å². The highest BCUT2D eigenvalue weighted by molar-refractivity contribution is 5.09. The van der Waals surface area contributed by atoms with Gasteiger partial charge in [-0.25, -0.2) is 0 Å². The summed E-state index contributed by atoms with van der Waals surface area (Å²) < 4.78 is 0. The van der Waals surface area contributed by atoms with E-state index in [1.54, 1.807) is 0 Å². The Kier molecular flexibility index (Phi) is 1.65. The van der Waals surface area contributed by atoms with E-state index in [9.17, 15) is 0 Å². The Morgan fingerprint density at radius 3 is 2.78 bits per heavy atom. The Labute approximate surface area is 58.0 Å². The van der Waals surface area contributed by atoms with Crippen LogP contribution in [0.3, 0.4) is 0 Å². The third-order valence-corrected chi connectivity index (χ3v) is 2.56. The Balaban J connectivity index is 2.29. The van der Waals surface area contributed by atoms with Crippen LogP contribution in [0.1, 0.15) is 33.1 Å². The van der Waals surface area contributed by atoms with Gasteiger partial charge in [-0.15, -0.1) is 6.58 Å². The molecule has 0 saturated heterocycles. The topological polar surface area (TPSA) is 0 Å². The zero-order valence-corrected chi connectivity index (χ0v) is 6.48. The van der Waals surface area contributed by atoms with Crippen LogP contribution in [0.25, 0.3) is 0 Å². The molecular weight excluding hydrogens is 108 g/mol. The lowest BCUT2D eigenvalue weighted by Crippen LogP contribution is -1.90. The fourth-order valence-electron chi connectivity index (χ4n) is 1.50. The summed E-state index contributed by atoms with van der Waals surface area (Å²) in [6.07, 6.45) is 6.22. The van der Waals surface area contributed by atoms with E-state index in [-0.39, 0.29) is 0 Å². The molecule has 0 spiro atoms. The van der Waals surface area contributed by atoms with Crippen LogP contribution in [0.4, 0.5) is 0 Å². The van der Waals surface area contributed by atoms with Crippen molar-refractivity contribution in [1.29, 1.82) is 0 Å². The van der Waals surface area contributed by atoms with Crippen molar-refractivity contribution in [3.05, 3.63) is 12.7 Å². The minimum absolute atomic E-state index is 0.524. The highest BCUT2D eigenvalue weighted by atomic mass is 14.5. The van der Waals surface area contributed by atoms with Gasteiger partial charge in [-0.05, 0) is 24.2 Å². The van der Waals surface area contributed by atoms with Crippen LogP contribution in [0, 0.1) is 11.3 Å². The van der Waals surface area contributed by atoms with E-state index in [2.05, 4.69) is 26.5 Å². The number of allylic oxidation sites excluding steroid dienone is 1. The van der Waals surface area contributed by atoms with Crippen LogP contribution in [-0.4, -0.2) is 0 Å². The summed E-state index contributed by atoms with van der Waals surface area (Å²) in [5.74, 6) is 0.958. The first-order valence-corrected chi connectivity index (χ1v) is 3.86. The minimum atomic E-state index is 0.524. The summed E-state index contributed by atoms with van der Waals surface area (Å²) in [6.45, 7) is 8.38. The Hall–Kier alpha value is -0.260. The second-order valence-electron chi connectivity index (χ2n) is 3.40. The predicted molar refractivity (Wildman–Crippen MR) is 41.3 cm³/mol. The van der Waals surface area contributed by atoms with Crippen molar-refractivity contribution >= 4 is 0 Å². The molecule has 0 aromatic carbocycles. The molecule has 1 aliphatic carbocycles. The monoisotopic (exact) mass is 124 g/mol. The normalized spacial score (nSPS) is 40.4. The average Bonchev–Trinajstić information content (AvgIpc) is 2.46. The van der Waals surface area contributed by atoms with Gasteiger partial charge in [-0.2, -0.15) is 0 Å². The second-order valence-corrected chi connectivity index (χ2v) is 3.40. The maximum absolute atomic E-state index is 3.83. The molecular formula is C9H16. The van der Waals surface area contributed by atoms with E-state index in [1.165, 1.54) is 19.3 Å². The Morgan fingerprint density at radius 1 is 1.78 bits per heavy atom. The maximum atomic E-state index is 3.83. The minimum Gasteiger partial charge on any atom is -0.103 e. The number of hydrogen-bond acceptors (Lipinski definition) is 0. The molecule has 2 atom stereocenters. The molecule has 1 aliphatic rings. The van der Waals surface area contributed by atoms with Gasteiger partial charge in [-0.3, -0.25) is 0 Å². The summed E-state index contributed by atoms with van der Waals surface area (Å²) in [5.41, 5.74) is 0.524. The lowest BCUT2D eigenvalue weighted by atomic mass is 10.0. The molecule has 1 saturated carbocycles. The molecule has 0 aliphatic heterocycles.